The largest absolute Gasteiger partial charge is 0.493 e. The highest BCUT2D eigenvalue weighted by atomic mass is 32.2. The van der Waals surface area contributed by atoms with Gasteiger partial charge in [-0.3, -0.25) is 14.4 Å². The number of ether oxygens (including phenoxy) is 2. The number of thioether (sulfide) groups is 1. The third kappa shape index (κ3) is 5.04. The number of rotatable bonds is 8. The number of aromatic amines is 1. The molecule has 0 bridgehead atoms. The van der Waals surface area contributed by atoms with Crippen LogP contribution in [-0.2, 0) is 15.3 Å². The lowest BCUT2D eigenvalue weighted by Crippen LogP contribution is -2.31. The van der Waals surface area contributed by atoms with Crippen molar-refractivity contribution in [3.63, 3.8) is 0 Å². The highest BCUT2D eigenvalue weighted by Crippen LogP contribution is 2.38. The summed E-state index contributed by atoms with van der Waals surface area (Å²) in [4.78, 5) is 43.6. The molecule has 34 heavy (non-hydrogen) atoms. The van der Waals surface area contributed by atoms with Gasteiger partial charge in [-0.2, -0.15) is 0 Å². The Labute approximate surface area is 197 Å². The Morgan fingerprint density at radius 1 is 1.24 bits per heavy atom. The first-order chi connectivity index (χ1) is 16.4. The van der Waals surface area contributed by atoms with Gasteiger partial charge in [0.1, 0.15) is 11.6 Å². The van der Waals surface area contributed by atoms with Crippen LogP contribution < -0.4 is 26.1 Å². The van der Waals surface area contributed by atoms with Crippen LogP contribution in [0.2, 0.25) is 0 Å². The summed E-state index contributed by atoms with van der Waals surface area (Å²) in [7, 11) is 1.44. The van der Waals surface area contributed by atoms with Gasteiger partial charge in [-0.25, -0.2) is 9.37 Å². The number of aromatic nitrogens is 2. The number of amides is 2. The van der Waals surface area contributed by atoms with Crippen LogP contribution in [0.4, 0.5) is 10.2 Å². The smallest absolute Gasteiger partial charge is 0.257 e. The van der Waals surface area contributed by atoms with Gasteiger partial charge >= 0.3 is 0 Å². The van der Waals surface area contributed by atoms with Gasteiger partial charge in [0.2, 0.25) is 5.91 Å². The molecule has 0 spiro atoms. The molecule has 0 saturated heterocycles. The molecule has 9 nitrogen and oxygen atoms in total. The normalized spacial score (nSPS) is 14.8. The van der Waals surface area contributed by atoms with E-state index in [2.05, 4.69) is 15.3 Å². The summed E-state index contributed by atoms with van der Waals surface area (Å²) in [5.41, 5.74) is 6.14. The number of nitrogens with two attached hydrogens (primary N) is 1. The Balaban J connectivity index is 1.64. The highest BCUT2D eigenvalue weighted by Gasteiger charge is 2.31. The summed E-state index contributed by atoms with van der Waals surface area (Å²) >= 11 is 1.16. The number of benzene rings is 2. The highest BCUT2D eigenvalue weighted by molar-refractivity contribution is 7.98. The van der Waals surface area contributed by atoms with Crippen molar-refractivity contribution < 1.29 is 23.5 Å². The molecule has 176 valence electrons. The zero-order valence-electron chi connectivity index (χ0n) is 18.1. The van der Waals surface area contributed by atoms with E-state index in [0.29, 0.717) is 28.2 Å². The molecular weight excluding hydrogens is 463 g/mol. The van der Waals surface area contributed by atoms with Crippen LogP contribution in [0.1, 0.15) is 29.0 Å². The zero-order chi connectivity index (χ0) is 24.2. The molecule has 4 N–H and O–H groups in total. The maximum absolute atomic E-state index is 13.9. The van der Waals surface area contributed by atoms with Crippen molar-refractivity contribution >= 4 is 29.4 Å². The molecule has 2 amide bonds. The number of fused-ring (bicyclic) bond motifs is 1. The predicted molar refractivity (Wildman–Crippen MR) is 124 cm³/mol. The van der Waals surface area contributed by atoms with Crippen molar-refractivity contribution in [1.29, 1.82) is 0 Å². The van der Waals surface area contributed by atoms with E-state index in [0.717, 1.165) is 11.8 Å². The molecule has 4 rings (SSSR count). The van der Waals surface area contributed by atoms with E-state index in [1.54, 1.807) is 36.4 Å². The Hall–Kier alpha value is -3.86. The third-order valence-corrected chi connectivity index (χ3v) is 6.13. The van der Waals surface area contributed by atoms with Crippen LogP contribution in [0.25, 0.3) is 0 Å². The molecule has 2 heterocycles. The summed E-state index contributed by atoms with van der Waals surface area (Å²) in [6.07, 6.45) is 0.0319. The number of hydrogen-bond acceptors (Lipinski definition) is 7. The van der Waals surface area contributed by atoms with E-state index < -0.39 is 17.4 Å². The summed E-state index contributed by atoms with van der Waals surface area (Å²) in [5, 5.41) is 2.92. The first-order valence-corrected chi connectivity index (χ1v) is 11.2. The topological polar surface area (TPSA) is 136 Å². The fourth-order valence-corrected chi connectivity index (χ4v) is 4.48. The minimum absolute atomic E-state index is 0.0319. The molecule has 1 aliphatic heterocycles. The number of primary amides is 1. The number of methoxy groups -OCH3 is 1. The van der Waals surface area contributed by atoms with E-state index in [1.807, 2.05) is 0 Å². The standard InChI is InChI=1S/C23H21FN4O5S/c1-32-17-8-12(6-7-16(17)33-10-18(25)29)14-9-19(30)26-21-20(14)22(31)28-23(27-21)34-11-13-4-2-3-5-15(13)24/h2-8,14H,9-11H2,1H3,(H2,25,29)(H2,26,27,28,30,31). The average molecular weight is 485 g/mol. The van der Waals surface area contributed by atoms with Gasteiger partial charge in [0, 0.05) is 18.1 Å². The van der Waals surface area contributed by atoms with Gasteiger partial charge in [-0.1, -0.05) is 36.0 Å². The number of hydrogen-bond donors (Lipinski definition) is 3. The second kappa shape index (κ2) is 9.96. The summed E-state index contributed by atoms with van der Waals surface area (Å²) < 4.78 is 24.6. The van der Waals surface area contributed by atoms with Crippen molar-refractivity contribution in [3.8, 4) is 11.5 Å². The number of carbonyl (C=O) groups excluding carboxylic acids is 2. The van der Waals surface area contributed by atoms with Crippen LogP contribution in [-0.4, -0.2) is 35.5 Å². The van der Waals surface area contributed by atoms with Crippen molar-refractivity contribution in [2.24, 2.45) is 5.73 Å². The van der Waals surface area contributed by atoms with Gasteiger partial charge in [0.05, 0.1) is 12.7 Å². The minimum Gasteiger partial charge on any atom is -0.493 e. The molecule has 0 fully saturated rings. The molecule has 1 aliphatic rings. The molecule has 11 heteroatoms. The van der Waals surface area contributed by atoms with E-state index in [1.165, 1.54) is 13.2 Å². The van der Waals surface area contributed by atoms with E-state index >= 15 is 0 Å². The fourth-order valence-electron chi connectivity index (χ4n) is 3.63. The zero-order valence-corrected chi connectivity index (χ0v) is 18.9. The maximum Gasteiger partial charge on any atom is 0.257 e. The Morgan fingerprint density at radius 2 is 2.03 bits per heavy atom. The number of H-pyrrole nitrogens is 1. The molecule has 1 aromatic heterocycles. The average Bonchev–Trinajstić information content (AvgIpc) is 2.81. The van der Waals surface area contributed by atoms with Crippen LogP contribution >= 0.6 is 11.8 Å². The molecule has 0 saturated carbocycles. The monoisotopic (exact) mass is 484 g/mol. The van der Waals surface area contributed by atoms with Crippen LogP contribution in [0.15, 0.2) is 52.4 Å². The fraction of sp³-hybridized carbons (Fsp3) is 0.217. The van der Waals surface area contributed by atoms with E-state index in [-0.39, 0.29) is 41.5 Å². The van der Waals surface area contributed by atoms with Crippen molar-refractivity contribution in [1.82, 2.24) is 9.97 Å². The molecule has 1 unspecified atom stereocenters. The Bertz CT molecular complexity index is 1310. The molecule has 3 aromatic rings. The van der Waals surface area contributed by atoms with Crippen LogP contribution in [0, 0.1) is 5.82 Å². The van der Waals surface area contributed by atoms with Crippen molar-refractivity contribution in [2.45, 2.75) is 23.2 Å². The third-order valence-electron chi connectivity index (χ3n) is 5.21. The molecule has 1 atom stereocenters. The lowest BCUT2D eigenvalue weighted by molar-refractivity contribution is -0.120. The number of halogens is 1. The first-order valence-electron chi connectivity index (χ1n) is 10.2. The van der Waals surface area contributed by atoms with Gasteiger partial charge in [-0.15, -0.1) is 0 Å². The van der Waals surface area contributed by atoms with Crippen LogP contribution in [0.5, 0.6) is 11.5 Å². The van der Waals surface area contributed by atoms with E-state index in [4.69, 9.17) is 15.2 Å². The SMILES string of the molecule is COc1cc(C2CC(=O)Nc3nc(SCc4ccccc4F)[nH]c(=O)c32)ccc1OCC(N)=O. The number of carbonyl (C=O) groups is 2. The molecule has 0 aliphatic carbocycles. The second-order valence-corrected chi connectivity index (χ2v) is 8.45. The first kappa shape index (κ1) is 23.3. The lowest BCUT2D eigenvalue weighted by Gasteiger charge is -2.25. The van der Waals surface area contributed by atoms with Gasteiger partial charge in [0.15, 0.2) is 23.3 Å². The van der Waals surface area contributed by atoms with Gasteiger partial charge in [0.25, 0.3) is 11.5 Å². The molecular formula is C23H21FN4O5S. The predicted octanol–water partition coefficient (Wildman–Crippen LogP) is 2.55. The Kier molecular flexibility index (Phi) is 6.82. The number of nitrogens with one attached hydrogen (secondary N) is 2. The summed E-state index contributed by atoms with van der Waals surface area (Å²) in [5.74, 6) is -0.806. The van der Waals surface area contributed by atoms with Crippen LogP contribution in [0.3, 0.4) is 0 Å². The quantitative estimate of drug-likeness (QED) is 0.330. The lowest BCUT2D eigenvalue weighted by atomic mass is 9.86. The Morgan fingerprint density at radius 3 is 2.76 bits per heavy atom. The van der Waals surface area contributed by atoms with E-state index in [9.17, 15) is 18.8 Å². The molecule has 2 aromatic carbocycles. The van der Waals surface area contributed by atoms with Gasteiger partial charge < -0.3 is 25.5 Å². The minimum atomic E-state index is -0.634. The maximum atomic E-state index is 13.9. The number of anilines is 1. The van der Waals surface area contributed by atoms with Crippen molar-refractivity contribution in [2.75, 3.05) is 19.0 Å². The summed E-state index contributed by atoms with van der Waals surface area (Å²) in [6, 6.07) is 11.3. The molecule has 0 radical (unpaired) electrons. The number of nitrogens with zero attached hydrogens (tertiary/aromatic N) is 1. The van der Waals surface area contributed by atoms with Gasteiger partial charge in [-0.05, 0) is 29.3 Å². The second-order valence-electron chi connectivity index (χ2n) is 7.48. The van der Waals surface area contributed by atoms with Crippen molar-refractivity contribution in [3.05, 3.63) is 75.3 Å². The summed E-state index contributed by atoms with van der Waals surface area (Å²) in [6.45, 7) is -0.318.